The zero-order valence-electron chi connectivity index (χ0n) is 16.6. The lowest BCUT2D eigenvalue weighted by atomic mass is 10.0. The van der Waals surface area contributed by atoms with Crippen LogP contribution in [0, 0.1) is 5.92 Å². The van der Waals surface area contributed by atoms with Crippen molar-refractivity contribution in [1.29, 1.82) is 0 Å². The standard InChI is InChI=1S/C18H36O9/c1-13(2)12-25-9-8-23-5-4-22-6-7-24-10-11-26-18-17(21)16(20)15(19)14(3)27-18/h13-21H,4-12H2,1-3H3/t14?,15-,16?,17?,18-/m1/s1. The zero-order valence-corrected chi connectivity index (χ0v) is 16.6. The number of hydrogen-bond donors (Lipinski definition) is 3. The van der Waals surface area contributed by atoms with E-state index < -0.39 is 30.7 Å². The number of aliphatic hydroxyl groups is 3. The molecule has 0 aromatic heterocycles. The minimum atomic E-state index is -1.30. The van der Waals surface area contributed by atoms with Crippen LogP contribution in [0.5, 0.6) is 0 Å². The van der Waals surface area contributed by atoms with Crippen molar-refractivity contribution in [1.82, 2.24) is 0 Å². The van der Waals surface area contributed by atoms with E-state index in [1.807, 2.05) is 0 Å². The first kappa shape index (κ1) is 24.7. The summed E-state index contributed by atoms with van der Waals surface area (Å²) in [5.41, 5.74) is 0. The molecule has 1 fully saturated rings. The third kappa shape index (κ3) is 10.7. The Kier molecular flexibility index (Phi) is 13.4. The molecule has 9 nitrogen and oxygen atoms in total. The molecule has 0 aliphatic carbocycles. The lowest BCUT2D eigenvalue weighted by Gasteiger charge is -2.38. The summed E-state index contributed by atoms with van der Waals surface area (Å²) in [7, 11) is 0. The minimum Gasteiger partial charge on any atom is -0.388 e. The smallest absolute Gasteiger partial charge is 0.186 e. The van der Waals surface area contributed by atoms with E-state index in [0.29, 0.717) is 52.2 Å². The molecule has 3 N–H and O–H groups in total. The molecule has 0 amide bonds. The van der Waals surface area contributed by atoms with Gasteiger partial charge in [-0.25, -0.2) is 0 Å². The molecule has 5 atom stereocenters. The highest BCUT2D eigenvalue weighted by molar-refractivity contribution is 4.87. The molecular weight excluding hydrogens is 360 g/mol. The molecular formula is C18H36O9. The fourth-order valence-corrected chi connectivity index (χ4v) is 2.35. The van der Waals surface area contributed by atoms with Crippen molar-refractivity contribution in [3.63, 3.8) is 0 Å². The van der Waals surface area contributed by atoms with Crippen molar-refractivity contribution in [3.05, 3.63) is 0 Å². The Morgan fingerprint density at radius 1 is 0.704 bits per heavy atom. The van der Waals surface area contributed by atoms with Gasteiger partial charge in [0.1, 0.15) is 18.3 Å². The van der Waals surface area contributed by atoms with Gasteiger partial charge in [0.15, 0.2) is 6.29 Å². The summed E-state index contributed by atoms with van der Waals surface area (Å²) in [4.78, 5) is 0. The third-order valence-electron chi connectivity index (χ3n) is 3.89. The Bertz CT molecular complexity index is 356. The topological polar surface area (TPSA) is 116 Å². The summed E-state index contributed by atoms with van der Waals surface area (Å²) in [6.45, 7) is 10.0. The third-order valence-corrected chi connectivity index (χ3v) is 3.89. The Morgan fingerprint density at radius 2 is 1.19 bits per heavy atom. The van der Waals surface area contributed by atoms with Crippen molar-refractivity contribution in [2.24, 2.45) is 5.92 Å². The molecule has 3 unspecified atom stereocenters. The summed E-state index contributed by atoms with van der Waals surface area (Å²) in [6.07, 6.45) is -5.33. The summed E-state index contributed by atoms with van der Waals surface area (Å²) in [5.74, 6) is 0.530. The first-order chi connectivity index (χ1) is 12.9. The maximum Gasteiger partial charge on any atom is 0.186 e. The molecule has 9 heteroatoms. The van der Waals surface area contributed by atoms with Crippen LogP contribution >= 0.6 is 0 Å². The van der Waals surface area contributed by atoms with E-state index in [9.17, 15) is 15.3 Å². The van der Waals surface area contributed by atoms with Crippen LogP contribution in [-0.4, -0.2) is 105 Å². The Hall–Kier alpha value is -0.360. The molecule has 0 aromatic rings. The van der Waals surface area contributed by atoms with Gasteiger partial charge in [-0.2, -0.15) is 0 Å². The summed E-state index contributed by atoms with van der Waals surface area (Å²) in [5, 5.41) is 29.1. The number of rotatable bonds is 15. The molecule has 0 radical (unpaired) electrons. The quantitative estimate of drug-likeness (QED) is 0.317. The van der Waals surface area contributed by atoms with E-state index in [-0.39, 0.29) is 6.61 Å². The number of hydrogen-bond acceptors (Lipinski definition) is 9. The van der Waals surface area contributed by atoms with Gasteiger partial charge >= 0.3 is 0 Å². The second-order valence-corrected chi connectivity index (χ2v) is 6.86. The fraction of sp³-hybridized carbons (Fsp3) is 1.00. The van der Waals surface area contributed by atoms with Crippen LogP contribution in [-0.2, 0) is 28.4 Å². The maximum atomic E-state index is 9.80. The van der Waals surface area contributed by atoms with Crippen molar-refractivity contribution < 1.29 is 43.7 Å². The average Bonchev–Trinajstić information content (AvgIpc) is 2.63. The molecule has 1 aliphatic rings. The SMILES string of the molecule is CC(C)COCCOCCOCCOCCO[C@@H]1OC(C)[C@@H](O)C(O)C1O. The first-order valence-electron chi connectivity index (χ1n) is 9.55. The van der Waals surface area contributed by atoms with Crippen LogP contribution in [0.15, 0.2) is 0 Å². The predicted octanol–water partition coefficient (Wildman–Crippen LogP) is -0.447. The second-order valence-electron chi connectivity index (χ2n) is 6.86. The van der Waals surface area contributed by atoms with Gasteiger partial charge in [0.25, 0.3) is 0 Å². The van der Waals surface area contributed by atoms with Crippen molar-refractivity contribution in [2.45, 2.75) is 51.5 Å². The van der Waals surface area contributed by atoms with Gasteiger partial charge in [-0.3, -0.25) is 0 Å². The van der Waals surface area contributed by atoms with Crippen LogP contribution in [0.2, 0.25) is 0 Å². The molecule has 1 rings (SSSR count). The molecule has 162 valence electrons. The van der Waals surface area contributed by atoms with Gasteiger partial charge in [-0.15, -0.1) is 0 Å². The number of ether oxygens (including phenoxy) is 6. The van der Waals surface area contributed by atoms with Gasteiger partial charge in [-0.1, -0.05) is 13.8 Å². The van der Waals surface area contributed by atoms with Gasteiger partial charge in [-0.05, 0) is 12.8 Å². The normalized spacial score (nSPS) is 28.8. The van der Waals surface area contributed by atoms with Crippen molar-refractivity contribution >= 4 is 0 Å². The molecule has 0 spiro atoms. The maximum absolute atomic E-state index is 9.80. The molecule has 1 heterocycles. The van der Waals surface area contributed by atoms with Crippen molar-refractivity contribution in [3.8, 4) is 0 Å². The summed E-state index contributed by atoms with van der Waals surface area (Å²) < 4.78 is 32.2. The lowest BCUT2D eigenvalue weighted by Crippen LogP contribution is -2.57. The van der Waals surface area contributed by atoms with Crippen LogP contribution in [0.3, 0.4) is 0 Å². The molecule has 1 aliphatic heterocycles. The van der Waals surface area contributed by atoms with E-state index in [1.54, 1.807) is 6.92 Å². The van der Waals surface area contributed by atoms with Gasteiger partial charge in [0, 0.05) is 6.61 Å². The van der Waals surface area contributed by atoms with E-state index in [4.69, 9.17) is 28.4 Å². The van der Waals surface area contributed by atoms with Crippen molar-refractivity contribution in [2.75, 3.05) is 59.5 Å². The minimum absolute atomic E-state index is 0.191. The Balaban J connectivity index is 1.87. The predicted molar refractivity (Wildman–Crippen MR) is 96.4 cm³/mol. The molecule has 0 bridgehead atoms. The van der Waals surface area contributed by atoms with Crippen LogP contribution in [0.25, 0.3) is 0 Å². The Morgan fingerprint density at radius 3 is 1.70 bits per heavy atom. The largest absolute Gasteiger partial charge is 0.388 e. The fourth-order valence-electron chi connectivity index (χ4n) is 2.35. The summed E-state index contributed by atoms with van der Waals surface area (Å²) in [6, 6.07) is 0. The van der Waals surface area contributed by atoms with E-state index >= 15 is 0 Å². The molecule has 1 saturated heterocycles. The highest BCUT2D eigenvalue weighted by Gasteiger charge is 2.42. The second kappa shape index (κ2) is 14.6. The lowest BCUT2D eigenvalue weighted by molar-refractivity contribution is -0.294. The van der Waals surface area contributed by atoms with Gasteiger partial charge < -0.3 is 43.7 Å². The molecule has 0 aromatic carbocycles. The van der Waals surface area contributed by atoms with Crippen LogP contribution in [0.1, 0.15) is 20.8 Å². The van der Waals surface area contributed by atoms with E-state index in [2.05, 4.69) is 13.8 Å². The van der Waals surface area contributed by atoms with Crippen LogP contribution in [0.4, 0.5) is 0 Å². The Labute approximate surface area is 161 Å². The average molecular weight is 396 g/mol. The van der Waals surface area contributed by atoms with Gasteiger partial charge in [0.05, 0.1) is 59.0 Å². The molecule has 27 heavy (non-hydrogen) atoms. The monoisotopic (exact) mass is 396 g/mol. The molecule has 0 saturated carbocycles. The highest BCUT2D eigenvalue weighted by Crippen LogP contribution is 2.21. The van der Waals surface area contributed by atoms with E-state index in [1.165, 1.54) is 0 Å². The van der Waals surface area contributed by atoms with Crippen LogP contribution < -0.4 is 0 Å². The van der Waals surface area contributed by atoms with E-state index in [0.717, 1.165) is 6.61 Å². The highest BCUT2D eigenvalue weighted by atomic mass is 16.7. The zero-order chi connectivity index (χ0) is 20.1. The number of aliphatic hydroxyl groups excluding tert-OH is 3. The first-order valence-corrected chi connectivity index (χ1v) is 9.55. The van der Waals surface area contributed by atoms with Gasteiger partial charge in [0.2, 0.25) is 0 Å². The summed E-state index contributed by atoms with van der Waals surface area (Å²) >= 11 is 0.